The number of aromatic nitrogens is 1. The van der Waals surface area contributed by atoms with Gasteiger partial charge < -0.3 is 4.90 Å². The molecule has 4 aliphatic heterocycles. The van der Waals surface area contributed by atoms with E-state index in [1.54, 1.807) is 12.1 Å². The molecule has 0 saturated carbocycles. The number of rotatable bonds is 5. The lowest BCUT2D eigenvalue weighted by Gasteiger charge is -2.40. The van der Waals surface area contributed by atoms with E-state index in [1.165, 1.54) is 11.1 Å². The maximum atomic E-state index is 14.5. The molecule has 1 aromatic carbocycles. The standard InChI is InChI=1S/C30H35FN4O/c1-19-4-3-5-28(31)26(19)18-35-24-6-7-25(35)14-21(13-24)15-29(36)34-11-9-23-16-33-30(27(23)17-34)22-8-10-32-20(2)12-22/h3-5,8,10,12,21,24-25H,6-7,9,11,13-18H2,1-2H3. The summed E-state index contributed by atoms with van der Waals surface area (Å²) in [6, 6.07) is 10.4. The predicted molar refractivity (Wildman–Crippen MR) is 139 cm³/mol. The quantitative estimate of drug-likeness (QED) is 0.598. The highest BCUT2D eigenvalue weighted by atomic mass is 19.1. The lowest BCUT2D eigenvalue weighted by molar-refractivity contribution is -0.132. The van der Waals surface area contributed by atoms with Crippen LogP contribution < -0.4 is 0 Å². The molecule has 1 amide bonds. The van der Waals surface area contributed by atoms with Crippen molar-refractivity contribution in [2.24, 2.45) is 10.9 Å². The van der Waals surface area contributed by atoms with Crippen LogP contribution in [0.25, 0.3) is 0 Å². The summed E-state index contributed by atoms with van der Waals surface area (Å²) in [7, 11) is 0. The van der Waals surface area contributed by atoms with Crippen LogP contribution in [-0.2, 0) is 11.3 Å². The molecule has 2 unspecified atom stereocenters. The summed E-state index contributed by atoms with van der Waals surface area (Å²) in [5.41, 5.74) is 7.63. The van der Waals surface area contributed by atoms with E-state index < -0.39 is 0 Å². The van der Waals surface area contributed by atoms with Crippen molar-refractivity contribution in [2.45, 2.75) is 71.0 Å². The SMILES string of the molecule is Cc1cc(C2=NCC3=C2CN(C(=O)CC2CC4CCC(C2)N4Cc2c(C)cccc2F)CC3)ccn1. The van der Waals surface area contributed by atoms with Crippen LogP contribution in [0.5, 0.6) is 0 Å². The van der Waals surface area contributed by atoms with Crippen molar-refractivity contribution in [3.63, 3.8) is 0 Å². The number of pyridine rings is 1. The van der Waals surface area contributed by atoms with E-state index in [0.29, 0.717) is 37.5 Å². The molecule has 2 aromatic rings. The molecule has 0 aliphatic carbocycles. The monoisotopic (exact) mass is 486 g/mol. The molecule has 6 heteroatoms. The number of halogens is 1. The predicted octanol–water partition coefficient (Wildman–Crippen LogP) is 5.00. The summed E-state index contributed by atoms with van der Waals surface area (Å²) >= 11 is 0. The second-order valence-corrected chi connectivity index (χ2v) is 11.1. The average molecular weight is 487 g/mol. The van der Waals surface area contributed by atoms with Crippen molar-refractivity contribution in [3.8, 4) is 0 Å². The van der Waals surface area contributed by atoms with Crippen LogP contribution >= 0.6 is 0 Å². The fraction of sp³-hybridized carbons (Fsp3) is 0.500. The number of aliphatic imine (C=N–C) groups is 1. The number of benzene rings is 1. The van der Waals surface area contributed by atoms with Crippen LogP contribution in [0.4, 0.5) is 4.39 Å². The number of aryl methyl sites for hydroxylation is 2. The van der Waals surface area contributed by atoms with Crippen LogP contribution in [0.2, 0.25) is 0 Å². The summed E-state index contributed by atoms with van der Waals surface area (Å²) in [5, 5.41) is 0. The lowest BCUT2D eigenvalue weighted by Crippen LogP contribution is -2.44. The Kier molecular flexibility index (Phi) is 6.24. The molecule has 4 aliphatic rings. The van der Waals surface area contributed by atoms with Crippen molar-refractivity contribution in [2.75, 3.05) is 19.6 Å². The number of amides is 1. The number of carbonyl (C=O) groups is 1. The zero-order chi connectivity index (χ0) is 24.8. The Morgan fingerprint density at radius 3 is 2.69 bits per heavy atom. The first kappa shape index (κ1) is 23.5. The molecule has 2 fully saturated rings. The third-order valence-electron chi connectivity index (χ3n) is 8.83. The zero-order valence-corrected chi connectivity index (χ0v) is 21.3. The van der Waals surface area contributed by atoms with E-state index in [9.17, 15) is 9.18 Å². The van der Waals surface area contributed by atoms with Crippen molar-refractivity contribution in [1.29, 1.82) is 0 Å². The number of fused-ring (bicyclic) bond motifs is 2. The fourth-order valence-corrected chi connectivity index (χ4v) is 6.90. The van der Waals surface area contributed by atoms with Crippen LogP contribution in [0.1, 0.15) is 60.9 Å². The minimum atomic E-state index is -0.0952. The molecule has 0 spiro atoms. The van der Waals surface area contributed by atoms with Crippen molar-refractivity contribution in [1.82, 2.24) is 14.8 Å². The molecule has 0 radical (unpaired) electrons. The van der Waals surface area contributed by atoms with E-state index in [1.807, 2.05) is 32.2 Å². The first-order valence-corrected chi connectivity index (χ1v) is 13.4. The van der Waals surface area contributed by atoms with Crippen molar-refractivity contribution < 1.29 is 9.18 Å². The number of hydrogen-bond donors (Lipinski definition) is 0. The smallest absolute Gasteiger partial charge is 0.223 e. The molecule has 36 heavy (non-hydrogen) atoms. The first-order chi connectivity index (χ1) is 17.5. The summed E-state index contributed by atoms with van der Waals surface area (Å²) in [5.74, 6) is 0.603. The highest BCUT2D eigenvalue weighted by Crippen LogP contribution is 2.41. The summed E-state index contributed by atoms with van der Waals surface area (Å²) in [6.07, 6.45) is 7.79. The molecule has 2 saturated heterocycles. The van der Waals surface area contributed by atoms with Crippen molar-refractivity contribution >= 4 is 11.6 Å². The Bertz CT molecular complexity index is 1220. The summed E-state index contributed by atoms with van der Waals surface area (Å²) < 4.78 is 14.5. The molecule has 0 N–H and O–H groups in total. The van der Waals surface area contributed by atoms with Gasteiger partial charge in [0.15, 0.2) is 0 Å². The normalized spacial score (nSPS) is 25.8. The molecule has 5 heterocycles. The fourth-order valence-electron chi connectivity index (χ4n) is 6.90. The van der Waals surface area contributed by atoms with Crippen LogP contribution in [0.15, 0.2) is 52.7 Å². The van der Waals surface area contributed by atoms with Crippen LogP contribution in [0, 0.1) is 25.6 Å². The number of piperidine rings is 1. The number of carbonyl (C=O) groups excluding carboxylic acids is 1. The summed E-state index contributed by atoms with van der Waals surface area (Å²) in [4.78, 5) is 27.2. The lowest BCUT2D eigenvalue weighted by atomic mass is 9.86. The molecular formula is C30H35FN4O. The van der Waals surface area contributed by atoms with Gasteiger partial charge in [0.05, 0.1) is 12.3 Å². The third-order valence-corrected chi connectivity index (χ3v) is 8.83. The Hall–Kier alpha value is -2.86. The Balaban J connectivity index is 1.09. The van der Waals surface area contributed by atoms with E-state index in [-0.39, 0.29) is 11.7 Å². The molecule has 6 rings (SSSR count). The molecule has 188 valence electrons. The maximum absolute atomic E-state index is 14.5. The van der Waals surface area contributed by atoms with Crippen LogP contribution in [-0.4, -0.2) is 58.1 Å². The van der Waals surface area contributed by atoms with Gasteiger partial charge in [0.25, 0.3) is 0 Å². The Morgan fingerprint density at radius 1 is 1.14 bits per heavy atom. The van der Waals surface area contributed by atoms with Gasteiger partial charge in [0, 0.05) is 61.2 Å². The highest BCUT2D eigenvalue weighted by Gasteiger charge is 2.42. The first-order valence-electron chi connectivity index (χ1n) is 13.4. The van der Waals surface area contributed by atoms with Gasteiger partial charge in [-0.2, -0.15) is 0 Å². The topological polar surface area (TPSA) is 48.8 Å². The maximum Gasteiger partial charge on any atom is 0.223 e. The van der Waals surface area contributed by atoms with E-state index in [0.717, 1.165) is 73.3 Å². The van der Waals surface area contributed by atoms with E-state index in [4.69, 9.17) is 4.99 Å². The molecule has 2 atom stereocenters. The molecular weight excluding hydrogens is 451 g/mol. The largest absolute Gasteiger partial charge is 0.338 e. The van der Waals surface area contributed by atoms with Gasteiger partial charge in [0.1, 0.15) is 5.82 Å². The highest BCUT2D eigenvalue weighted by molar-refractivity contribution is 6.15. The van der Waals surface area contributed by atoms with E-state index in [2.05, 4.69) is 20.9 Å². The zero-order valence-electron chi connectivity index (χ0n) is 21.3. The van der Waals surface area contributed by atoms with Crippen molar-refractivity contribution in [3.05, 3.63) is 75.9 Å². The Morgan fingerprint density at radius 2 is 1.94 bits per heavy atom. The molecule has 5 nitrogen and oxygen atoms in total. The summed E-state index contributed by atoms with van der Waals surface area (Å²) in [6.45, 7) is 6.93. The average Bonchev–Trinajstić information content (AvgIpc) is 3.38. The van der Waals surface area contributed by atoms with Gasteiger partial charge in [-0.05, 0) is 86.8 Å². The minimum Gasteiger partial charge on any atom is -0.338 e. The Labute approximate surface area is 213 Å². The van der Waals surface area contributed by atoms with Gasteiger partial charge >= 0.3 is 0 Å². The van der Waals surface area contributed by atoms with E-state index >= 15 is 0 Å². The number of nitrogens with zero attached hydrogens (tertiary/aromatic N) is 4. The van der Waals surface area contributed by atoms with Gasteiger partial charge in [-0.15, -0.1) is 0 Å². The molecule has 2 bridgehead atoms. The number of hydrogen-bond acceptors (Lipinski definition) is 4. The minimum absolute atomic E-state index is 0.0952. The van der Waals surface area contributed by atoms with Gasteiger partial charge in [0.2, 0.25) is 5.91 Å². The van der Waals surface area contributed by atoms with Gasteiger partial charge in [-0.1, -0.05) is 12.1 Å². The second kappa shape index (κ2) is 9.55. The van der Waals surface area contributed by atoms with Gasteiger partial charge in [-0.25, -0.2) is 4.39 Å². The van der Waals surface area contributed by atoms with Gasteiger partial charge in [-0.3, -0.25) is 19.7 Å². The second-order valence-electron chi connectivity index (χ2n) is 11.1. The molecule has 1 aromatic heterocycles. The third kappa shape index (κ3) is 4.40. The van der Waals surface area contributed by atoms with Crippen LogP contribution in [0.3, 0.4) is 0 Å².